The van der Waals surface area contributed by atoms with E-state index in [-0.39, 0.29) is 0 Å². The molecule has 0 fully saturated rings. The van der Waals surface area contributed by atoms with Gasteiger partial charge < -0.3 is 13.6 Å². The van der Waals surface area contributed by atoms with E-state index in [1.807, 2.05) is 17.4 Å². The first kappa shape index (κ1) is 28.1. The molecule has 12 aromatic rings. The molecule has 0 aliphatic carbocycles. The van der Waals surface area contributed by atoms with E-state index in [2.05, 4.69) is 173 Å². The Labute approximate surface area is 301 Å². The van der Waals surface area contributed by atoms with Gasteiger partial charge in [-0.2, -0.15) is 0 Å². The van der Waals surface area contributed by atoms with E-state index in [1.54, 1.807) is 0 Å². The Morgan fingerprint density at radius 3 is 1.81 bits per heavy atom. The van der Waals surface area contributed by atoms with Gasteiger partial charge in [0.1, 0.15) is 11.2 Å². The maximum atomic E-state index is 6.38. The van der Waals surface area contributed by atoms with Crippen LogP contribution in [-0.2, 0) is 0 Å². The number of nitrogens with zero attached hydrogens (tertiary/aromatic N) is 2. The molecule has 12 rings (SSSR count). The van der Waals surface area contributed by atoms with Crippen LogP contribution in [0.2, 0.25) is 0 Å². The standard InChI is InChI=1S/C48H28N2OS/c1-3-11-31(12-4-1)49-39-22-20-29(25-36(39)37-27-38-33-15-7-9-17-43(33)51-44(38)28-42(37)49)30-19-21-34-41(26-30)50(32-13-5-2-6-14-32)40-23-24-46-48(47(34)40)35-16-8-10-18-45(35)52-46/h1-28H. The zero-order chi connectivity index (χ0) is 33.9. The van der Waals surface area contributed by atoms with Crippen LogP contribution in [0.3, 0.4) is 0 Å². The van der Waals surface area contributed by atoms with Gasteiger partial charge in [0.15, 0.2) is 0 Å². The van der Waals surface area contributed by atoms with Gasteiger partial charge in [-0.15, -0.1) is 11.3 Å². The number of hydrogen-bond donors (Lipinski definition) is 0. The third-order valence-corrected chi connectivity index (χ3v) is 12.0. The summed E-state index contributed by atoms with van der Waals surface area (Å²) in [5.41, 5.74) is 11.2. The largest absolute Gasteiger partial charge is 0.456 e. The summed E-state index contributed by atoms with van der Waals surface area (Å²) in [4.78, 5) is 0. The van der Waals surface area contributed by atoms with Crippen molar-refractivity contribution in [2.75, 3.05) is 0 Å². The smallest absolute Gasteiger partial charge is 0.137 e. The second-order valence-electron chi connectivity index (χ2n) is 13.7. The predicted molar refractivity (Wildman–Crippen MR) is 221 cm³/mol. The minimum Gasteiger partial charge on any atom is -0.456 e. The number of fused-ring (bicyclic) bond motifs is 13. The number of rotatable bonds is 3. The van der Waals surface area contributed by atoms with Gasteiger partial charge in [0.25, 0.3) is 0 Å². The van der Waals surface area contributed by atoms with Crippen molar-refractivity contribution in [2.45, 2.75) is 0 Å². The second kappa shape index (κ2) is 10.5. The highest BCUT2D eigenvalue weighted by Crippen LogP contribution is 2.45. The molecule has 0 bridgehead atoms. The summed E-state index contributed by atoms with van der Waals surface area (Å²) in [6.07, 6.45) is 0. The second-order valence-corrected chi connectivity index (χ2v) is 14.8. The van der Waals surface area contributed by atoms with Crippen LogP contribution in [0.1, 0.15) is 0 Å². The molecule has 0 aliphatic heterocycles. The number of thiophene rings is 1. The lowest BCUT2D eigenvalue weighted by molar-refractivity contribution is 0.669. The number of aromatic nitrogens is 2. The lowest BCUT2D eigenvalue weighted by Crippen LogP contribution is -1.93. The van der Waals surface area contributed by atoms with Gasteiger partial charge in [-0.3, -0.25) is 0 Å². The highest BCUT2D eigenvalue weighted by molar-refractivity contribution is 7.26. The van der Waals surface area contributed by atoms with Crippen molar-refractivity contribution < 1.29 is 4.42 Å². The highest BCUT2D eigenvalue weighted by atomic mass is 32.1. The Hall–Kier alpha value is -6.62. The van der Waals surface area contributed by atoms with E-state index < -0.39 is 0 Å². The van der Waals surface area contributed by atoms with Crippen LogP contribution in [0.4, 0.5) is 0 Å². The monoisotopic (exact) mass is 680 g/mol. The fourth-order valence-electron chi connectivity index (χ4n) is 8.63. The highest BCUT2D eigenvalue weighted by Gasteiger charge is 2.20. The number of furan rings is 1. The van der Waals surface area contributed by atoms with E-state index in [9.17, 15) is 0 Å². The third-order valence-electron chi connectivity index (χ3n) is 10.9. The fourth-order valence-corrected chi connectivity index (χ4v) is 9.74. The van der Waals surface area contributed by atoms with Crippen molar-refractivity contribution in [1.82, 2.24) is 9.13 Å². The van der Waals surface area contributed by atoms with Crippen molar-refractivity contribution in [3.05, 3.63) is 170 Å². The van der Waals surface area contributed by atoms with Crippen molar-refractivity contribution in [3.8, 4) is 22.5 Å². The summed E-state index contributed by atoms with van der Waals surface area (Å²) in [6, 6.07) is 61.7. The first-order valence-electron chi connectivity index (χ1n) is 17.7. The van der Waals surface area contributed by atoms with Crippen molar-refractivity contribution >= 4 is 97.1 Å². The first-order chi connectivity index (χ1) is 25.8. The average molecular weight is 681 g/mol. The fraction of sp³-hybridized carbons (Fsp3) is 0. The Morgan fingerprint density at radius 1 is 0.346 bits per heavy atom. The molecule has 0 N–H and O–H groups in total. The molecule has 3 nitrogen and oxygen atoms in total. The molecular weight excluding hydrogens is 653 g/mol. The lowest BCUT2D eigenvalue weighted by Gasteiger charge is -2.10. The van der Waals surface area contributed by atoms with Gasteiger partial charge >= 0.3 is 0 Å². The molecule has 0 aliphatic rings. The third kappa shape index (κ3) is 3.84. The molecule has 4 heteroatoms. The minimum atomic E-state index is 0.903. The average Bonchev–Trinajstić information content (AvgIpc) is 3.94. The van der Waals surface area contributed by atoms with Gasteiger partial charge in [0.05, 0.1) is 22.1 Å². The summed E-state index contributed by atoms with van der Waals surface area (Å²) in [5.74, 6) is 0. The lowest BCUT2D eigenvalue weighted by atomic mass is 10.00. The molecule has 0 radical (unpaired) electrons. The van der Waals surface area contributed by atoms with E-state index in [1.165, 1.54) is 69.4 Å². The predicted octanol–water partition coefficient (Wildman–Crippen LogP) is 13.8. The Balaban J connectivity index is 1.15. The van der Waals surface area contributed by atoms with Crippen molar-refractivity contribution in [1.29, 1.82) is 0 Å². The summed E-state index contributed by atoms with van der Waals surface area (Å²) in [6.45, 7) is 0. The number of para-hydroxylation sites is 3. The van der Waals surface area contributed by atoms with Crippen LogP contribution in [0, 0.1) is 0 Å². The van der Waals surface area contributed by atoms with E-state index >= 15 is 0 Å². The first-order valence-corrected chi connectivity index (χ1v) is 18.5. The molecule has 52 heavy (non-hydrogen) atoms. The molecule has 242 valence electrons. The van der Waals surface area contributed by atoms with Gasteiger partial charge in [0.2, 0.25) is 0 Å². The van der Waals surface area contributed by atoms with Crippen molar-refractivity contribution in [3.63, 3.8) is 0 Å². The maximum Gasteiger partial charge on any atom is 0.137 e. The van der Waals surface area contributed by atoms with Crippen LogP contribution >= 0.6 is 11.3 Å². The topological polar surface area (TPSA) is 23.0 Å². The Morgan fingerprint density at radius 2 is 0.981 bits per heavy atom. The molecule has 0 saturated carbocycles. The normalized spacial score (nSPS) is 12.2. The number of benzene rings is 8. The number of hydrogen-bond acceptors (Lipinski definition) is 2. The van der Waals surface area contributed by atoms with E-state index in [0.29, 0.717) is 0 Å². The molecule has 4 heterocycles. The molecule has 0 saturated heterocycles. The van der Waals surface area contributed by atoms with Crippen molar-refractivity contribution in [2.24, 2.45) is 0 Å². The van der Waals surface area contributed by atoms with Gasteiger partial charge in [0, 0.05) is 69.9 Å². The molecule has 0 atom stereocenters. The molecule has 0 spiro atoms. The van der Waals surface area contributed by atoms with Gasteiger partial charge in [-0.05, 0) is 83.9 Å². The van der Waals surface area contributed by atoms with Crippen LogP contribution in [0.25, 0.3) is 108 Å². The zero-order valence-electron chi connectivity index (χ0n) is 27.9. The van der Waals surface area contributed by atoms with E-state index in [0.717, 1.165) is 38.8 Å². The molecule has 0 unspecified atom stereocenters. The summed E-state index contributed by atoms with van der Waals surface area (Å²) in [5, 5.41) is 9.97. The Bertz CT molecular complexity index is 3400. The molecular formula is C48H28N2OS. The Kier molecular flexibility index (Phi) is 5.65. The van der Waals surface area contributed by atoms with Crippen LogP contribution in [-0.4, -0.2) is 9.13 Å². The zero-order valence-corrected chi connectivity index (χ0v) is 28.7. The molecule has 8 aromatic carbocycles. The van der Waals surface area contributed by atoms with Crippen LogP contribution in [0.15, 0.2) is 174 Å². The maximum absolute atomic E-state index is 6.38. The van der Waals surface area contributed by atoms with E-state index in [4.69, 9.17) is 4.42 Å². The molecule has 4 aromatic heterocycles. The summed E-state index contributed by atoms with van der Waals surface area (Å²) in [7, 11) is 0. The van der Waals surface area contributed by atoms with Gasteiger partial charge in [-0.25, -0.2) is 0 Å². The van der Waals surface area contributed by atoms with Gasteiger partial charge in [-0.1, -0.05) is 91.0 Å². The SMILES string of the molecule is c1ccc(-n2c3ccc(-c4ccc5c6c7c(ccc6n(-c6ccccc6)c5c4)sc4ccccc47)cc3c3cc4c(cc32)oc2ccccc24)cc1. The van der Waals surface area contributed by atoms with Crippen LogP contribution < -0.4 is 0 Å². The van der Waals surface area contributed by atoms with Crippen LogP contribution in [0.5, 0.6) is 0 Å². The summed E-state index contributed by atoms with van der Waals surface area (Å²) < 4.78 is 13.8. The molecule has 0 amide bonds. The quantitative estimate of drug-likeness (QED) is 0.182. The summed E-state index contributed by atoms with van der Waals surface area (Å²) >= 11 is 1.88. The minimum absolute atomic E-state index is 0.903.